The second-order valence-corrected chi connectivity index (χ2v) is 2.91. The van der Waals surface area contributed by atoms with Crippen molar-refractivity contribution in [2.75, 3.05) is 0 Å². The maximum Gasteiger partial charge on any atom is 0.133 e. The summed E-state index contributed by atoms with van der Waals surface area (Å²) < 4.78 is 0. The summed E-state index contributed by atoms with van der Waals surface area (Å²) in [6, 6.07) is 0. The molecule has 50 valence electrons. The molecule has 0 bridgehead atoms. The van der Waals surface area contributed by atoms with Crippen molar-refractivity contribution >= 4 is 5.78 Å². The van der Waals surface area contributed by atoms with E-state index in [-0.39, 0.29) is 0 Å². The maximum atomic E-state index is 10.7. The van der Waals surface area contributed by atoms with Crippen molar-refractivity contribution in [2.45, 2.75) is 20.3 Å². The van der Waals surface area contributed by atoms with Crippen molar-refractivity contribution in [1.29, 1.82) is 0 Å². The zero-order valence-electron chi connectivity index (χ0n) is 5.98. The van der Waals surface area contributed by atoms with E-state index in [0.29, 0.717) is 17.6 Å². The van der Waals surface area contributed by atoms with Crippen LogP contribution in [0.15, 0.2) is 12.2 Å². The van der Waals surface area contributed by atoms with E-state index in [0.717, 1.165) is 12.0 Å². The Bertz CT molecular complexity index is 140. The predicted octanol–water partition coefficient (Wildman–Crippen LogP) is 1.79. The number of rotatable bonds is 2. The molecule has 1 aliphatic rings. The first-order valence-electron chi connectivity index (χ1n) is 3.28. The van der Waals surface area contributed by atoms with Crippen molar-refractivity contribution < 1.29 is 4.79 Å². The number of allylic oxidation sites excluding steroid dienone is 1. The Morgan fingerprint density at radius 2 is 2.00 bits per heavy atom. The minimum atomic E-state index is 0.322. The van der Waals surface area contributed by atoms with Crippen LogP contribution in [0.2, 0.25) is 0 Å². The van der Waals surface area contributed by atoms with Crippen molar-refractivity contribution in [3.8, 4) is 0 Å². The predicted molar refractivity (Wildman–Crippen MR) is 37.1 cm³/mol. The van der Waals surface area contributed by atoms with Gasteiger partial charge < -0.3 is 0 Å². The van der Waals surface area contributed by atoms with E-state index in [1.807, 2.05) is 6.92 Å². The monoisotopic (exact) mass is 124 g/mol. The van der Waals surface area contributed by atoms with Crippen LogP contribution in [0.1, 0.15) is 20.3 Å². The van der Waals surface area contributed by atoms with Crippen LogP contribution in [-0.2, 0) is 4.79 Å². The second kappa shape index (κ2) is 1.98. The summed E-state index contributed by atoms with van der Waals surface area (Å²) in [5.41, 5.74) is 1.16. The Kier molecular flexibility index (Phi) is 1.43. The topological polar surface area (TPSA) is 17.1 Å². The number of carbonyl (C=O) groups excluding carboxylic acids is 1. The molecule has 1 rings (SSSR count). The minimum Gasteiger partial charge on any atom is -0.300 e. The Morgan fingerprint density at radius 3 is 2.11 bits per heavy atom. The molecular formula is C8H12O. The number of hydrogen-bond acceptors (Lipinski definition) is 1. The van der Waals surface area contributed by atoms with Gasteiger partial charge in [-0.25, -0.2) is 0 Å². The SMILES string of the molecule is C=C(C)[C@H]1C[C@@H]1C(C)=O. The summed E-state index contributed by atoms with van der Waals surface area (Å²) in [7, 11) is 0. The van der Waals surface area contributed by atoms with Gasteiger partial charge in [0, 0.05) is 5.92 Å². The van der Waals surface area contributed by atoms with E-state index >= 15 is 0 Å². The zero-order chi connectivity index (χ0) is 7.02. The van der Waals surface area contributed by atoms with Gasteiger partial charge in [-0.1, -0.05) is 12.2 Å². The van der Waals surface area contributed by atoms with E-state index in [4.69, 9.17) is 0 Å². The van der Waals surface area contributed by atoms with Gasteiger partial charge in [0.15, 0.2) is 0 Å². The fraction of sp³-hybridized carbons (Fsp3) is 0.625. The normalized spacial score (nSPS) is 31.8. The quantitative estimate of drug-likeness (QED) is 0.513. The third-order valence-electron chi connectivity index (χ3n) is 1.95. The number of carbonyl (C=O) groups is 1. The van der Waals surface area contributed by atoms with Crippen molar-refractivity contribution in [3.05, 3.63) is 12.2 Å². The minimum absolute atomic E-state index is 0.322. The third kappa shape index (κ3) is 1.21. The van der Waals surface area contributed by atoms with Crippen molar-refractivity contribution in [1.82, 2.24) is 0 Å². The van der Waals surface area contributed by atoms with Crippen LogP contribution in [0.5, 0.6) is 0 Å². The Balaban J connectivity index is 2.42. The summed E-state index contributed by atoms with van der Waals surface area (Å²) >= 11 is 0. The smallest absolute Gasteiger partial charge is 0.133 e. The van der Waals surface area contributed by atoms with E-state index in [2.05, 4.69) is 6.58 Å². The van der Waals surface area contributed by atoms with Crippen LogP contribution in [0, 0.1) is 11.8 Å². The van der Waals surface area contributed by atoms with E-state index in [1.165, 1.54) is 0 Å². The summed E-state index contributed by atoms with van der Waals surface area (Å²) in [4.78, 5) is 10.7. The molecule has 0 spiro atoms. The molecule has 9 heavy (non-hydrogen) atoms. The van der Waals surface area contributed by atoms with Crippen molar-refractivity contribution in [3.63, 3.8) is 0 Å². The average molecular weight is 124 g/mol. The fourth-order valence-corrected chi connectivity index (χ4v) is 1.19. The van der Waals surface area contributed by atoms with Gasteiger partial charge in [-0.15, -0.1) is 0 Å². The summed E-state index contributed by atoms with van der Waals surface area (Å²) in [5, 5.41) is 0. The van der Waals surface area contributed by atoms with Crippen LogP contribution in [0.4, 0.5) is 0 Å². The molecule has 1 fully saturated rings. The molecule has 0 heterocycles. The fourth-order valence-electron chi connectivity index (χ4n) is 1.19. The molecule has 0 aliphatic heterocycles. The lowest BCUT2D eigenvalue weighted by molar-refractivity contribution is -0.118. The van der Waals surface area contributed by atoms with Gasteiger partial charge >= 0.3 is 0 Å². The van der Waals surface area contributed by atoms with Gasteiger partial charge in [-0.05, 0) is 26.2 Å². The van der Waals surface area contributed by atoms with Gasteiger partial charge in [0.2, 0.25) is 0 Å². The standard InChI is InChI=1S/C8H12O/c1-5(2)7-4-8(7)6(3)9/h7-8H,1,4H2,2-3H3/t7-,8-/m1/s1. The maximum absolute atomic E-state index is 10.7. The number of hydrogen-bond donors (Lipinski definition) is 0. The molecule has 0 amide bonds. The van der Waals surface area contributed by atoms with Crippen LogP contribution >= 0.6 is 0 Å². The first-order chi connectivity index (χ1) is 4.13. The molecule has 0 N–H and O–H groups in total. The number of Topliss-reactive ketones (excluding diaryl/α,β-unsaturated/α-hetero) is 1. The lowest BCUT2D eigenvalue weighted by Gasteiger charge is -1.91. The summed E-state index contributed by atoms with van der Waals surface area (Å²) in [6.07, 6.45) is 1.05. The first-order valence-corrected chi connectivity index (χ1v) is 3.28. The summed E-state index contributed by atoms with van der Waals surface area (Å²) in [5.74, 6) is 1.16. The Morgan fingerprint density at radius 1 is 1.44 bits per heavy atom. The largest absolute Gasteiger partial charge is 0.300 e. The highest BCUT2D eigenvalue weighted by Crippen LogP contribution is 2.43. The van der Waals surface area contributed by atoms with Crippen molar-refractivity contribution in [2.24, 2.45) is 11.8 Å². The molecule has 0 aromatic heterocycles. The Labute approximate surface area is 55.8 Å². The van der Waals surface area contributed by atoms with Crippen LogP contribution in [0.3, 0.4) is 0 Å². The van der Waals surface area contributed by atoms with Gasteiger partial charge in [0.05, 0.1) is 0 Å². The zero-order valence-corrected chi connectivity index (χ0v) is 5.98. The van der Waals surface area contributed by atoms with E-state index in [1.54, 1.807) is 6.92 Å². The van der Waals surface area contributed by atoms with Crippen LogP contribution in [0.25, 0.3) is 0 Å². The lowest BCUT2D eigenvalue weighted by atomic mass is 10.1. The Hall–Kier alpha value is -0.590. The number of ketones is 1. The molecular weight excluding hydrogens is 112 g/mol. The van der Waals surface area contributed by atoms with Crippen LogP contribution < -0.4 is 0 Å². The third-order valence-corrected chi connectivity index (χ3v) is 1.95. The molecule has 0 radical (unpaired) electrons. The molecule has 0 aromatic rings. The molecule has 1 heteroatoms. The van der Waals surface area contributed by atoms with E-state index in [9.17, 15) is 4.79 Å². The van der Waals surface area contributed by atoms with E-state index < -0.39 is 0 Å². The molecule has 2 atom stereocenters. The van der Waals surface area contributed by atoms with Gasteiger partial charge in [0.1, 0.15) is 5.78 Å². The van der Waals surface area contributed by atoms with Crippen LogP contribution in [-0.4, -0.2) is 5.78 Å². The molecule has 1 aliphatic carbocycles. The molecule has 1 saturated carbocycles. The molecule has 0 aromatic carbocycles. The van der Waals surface area contributed by atoms with Gasteiger partial charge in [-0.3, -0.25) is 4.79 Å². The summed E-state index contributed by atoms with van der Waals surface area (Å²) in [6.45, 7) is 7.45. The highest BCUT2D eigenvalue weighted by atomic mass is 16.1. The molecule has 0 unspecified atom stereocenters. The highest BCUT2D eigenvalue weighted by molar-refractivity contribution is 5.81. The van der Waals surface area contributed by atoms with Gasteiger partial charge in [-0.2, -0.15) is 0 Å². The first kappa shape index (κ1) is 6.53. The molecule has 0 saturated heterocycles. The molecule has 1 nitrogen and oxygen atoms in total. The lowest BCUT2D eigenvalue weighted by Crippen LogP contribution is -1.94. The second-order valence-electron chi connectivity index (χ2n) is 2.91. The average Bonchev–Trinajstić information content (AvgIpc) is 2.39. The van der Waals surface area contributed by atoms with Gasteiger partial charge in [0.25, 0.3) is 0 Å². The highest BCUT2D eigenvalue weighted by Gasteiger charge is 2.40.